The van der Waals surface area contributed by atoms with Crippen LogP contribution in [0.15, 0.2) is 42.5 Å². The zero-order valence-corrected chi connectivity index (χ0v) is 13.5. The average Bonchev–Trinajstić information content (AvgIpc) is 2.45. The second-order valence-electron chi connectivity index (χ2n) is 5.27. The van der Waals surface area contributed by atoms with Gasteiger partial charge in [-0.1, -0.05) is 25.1 Å². The van der Waals surface area contributed by atoms with Gasteiger partial charge in [0.25, 0.3) is 0 Å². The number of phosphoric acid groups is 1. The Bertz CT molecular complexity index is 766. The maximum absolute atomic E-state index is 11.1. The molecule has 0 heterocycles. The van der Waals surface area contributed by atoms with Crippen LogP contribution in [0.3, 0.4) is 0 Å². The zero-order chi connectivity index (χ0) is 18.1. The van der Waals surface area contributed by atoms with Crippen LogP contribution in [0.25, 0.3) is 0 Å². The van der Waals surface area contributed by atoms with Crippen molar-refractivity contribution in [2.75, 3.05) is 0 Å². The van der Waals surface area contributed by atoms with Crippen molar-refractivity contribution in [1.29, 1.82) is 0 Å². The van der Waals surface area contributed by atoms with E-state index in [1.165, 1.54) is 37.3 Å². The molecule has 1 unspecified atom stereocenters. The minimum atomic E-state index is -4.98. The largest absolute Gasteiger partial charge is 0.524 e. The summed E-state index contributed by atoms with van der Waals surface area (Å²) >= 11 is 0. The van der Waals surface area contributed by atoms with E-state index in [2.05, 4.69) is 4.52 Å². The molecule has 0 radical (unpaired) electrons. The summed E-state index contributed by atoms with van der Waals surface area (Å²) in [6.45, 7) is 1.43. The highest BCUT2D eigenvalue weighted by molar-refractivity contribution is 7.46. The summed E-state index contributed by atoms with van der Waals surface area (Å²) in [5.74, 6) is -4.89. The van der Waals surface area contributed by atoms with E-state index in [1.54, 1.807) is 0 Å². The standard InChI is InChI=1S/C15H17O8P/c1-9(10-5-7-11(16)8-6-10)15(18,19)14-12(17)3-2-4-13(14)23-24(20,21)22/h2-9,16-19H,1H3,(H2,20,21,22). The van der Waals surface area contributed by atoms with E-state index in [1.807, 2.05) is 0 Å². The molecule has 0 spiro atoms. The summed E-state index contributed by atoms with van der Waals surface area (Å²) in [6.07, 6.45) is 0. The molecule has 130 valence electrons. The van der Waals surface area contributed by atoms with Gasteiger partial charge in [0, 0.05) is 5.92 Å². The highest BCUT2D eigenvalue weighted by atomic mass is 31.2. The van der Waals surface area contributed by atoms with Gasteiger partial charge in [-0.2, -0.15) is 0 Å². The summed E-state index contributed by atoms with van der Waals surface area (Å²) in [5, 5.41) is 40.3. The summed E-state index contributed by atoms with van der Waals surface area (Å²) in [6, 6.07) is 9.06. The maximum Gasteiger partial charge on any atom is 0.524 e. The van der Waals surface area contributed by atoms with Gasteiger partial charge < -0.3 is 24.9 Å². The molecule has 2 aromatic carbocycles. The van der Waals surface area contributed by atoms with E-state index in [0.717, 1.165) is 12.1 Å². The molecule has 0 aromatic heterocycles. The SMILES string of the molecule is CC(c1ccc(O)cc1)C(O)(O)c1c(O)cccc1OP(=O)(O)O. The fraction of sp³-hybridized carbons (Fsp3) is 0.200. The van der Waals surface area contributed by atoms with Crippen LogP contribution in [-0.2, 0) is 10.4 Å². The topological polar surface area (TPSA) is 148 Å². The molecule has 9 heteroatoms. The summed E-state index contributed by atoms with van der Waals surface area (Å²) < 4.78 is 15.5. The molecule has 1 atom stereocenters. The number of hydrogen-bond acceptors (Lipinski definition) is 6. The van der Waals surface area contributed by atoms with Crippen molar-refractivity contribution in [2.45, 2.75) is 18.6 Å². The van der Waals surface area contributed by atoms with Crippen LogP contribution in [-0.4, -0.2) is 30.2 Å². The van der Waals surface area contributed by atoms with Gasteiger partial charge in [-0.15, -0.1) is 0 Å². The number of benzene rings is 2. The predicted octanol–water partition coefficient (Wildman–Crippen LogP) is 1.51. The number of rotatable bonds is 5. The minimum Gasteiger partial charge on any atom is -0.508 e. The molecule has 0 amide bonds. The molecule has 6 N–H and O–H groups in total. The summed E-state index contributed by atoms with van der Waals surface area (Å²) in [7, 11) is -4.98. The number of phenolic OH excluding ortho intramolecular Hbond substituents is 2. The lowest BCUT2D eigenvalue weighted by Gasteiger charge is -2.31. The lowest BCUT2D eigenvalue weighted by molar-refractivity contribution is -0.186. The van der Waals surface area contributed by atoms with E-state index in [9.17, 15) is 25.0 Å². The van der Waals surface area contributed by atoms with Crippen LogP contribution in [0.2, 0.25) is 0 Å². The van der Waals surface area contributed by atoms with Crippen molar-refractivity contribution < 1.29 is 39.3 Å². The predicted molar refractivity (Wildman–Crippen MR) is 83.4 cm³/mol. The summed E-state index contributed by atoms with van der Waals surface area (Å²) in [5.41, 5.74) is -0.169. The van der Waals surface area contributed by atoms with Gasteiger partial charge in [0.2, 0.25) is 5.79 Å². The second-order valence-corrected chi connectivity index (χ2v) is 6.44. The second kappa shape index (κ2) is 6.43. The first-order chi connectivity index (χ1) is 11.0. The smallest absolute Gasteiger partial charge is 0.508 e. The fourth-order valence-electron chi connectivity index (χ4n) is 2.31. The number of aromatic hydroxyl groups is 2. The van der Waals surface area contributed by atoms with Crippen molar-refractivity contribution in [3.05, 3.63) is 53.6 Å². The van der Waals surface area contributed by atoms with Gasteiger partial charge in [0.05, 0.1) is 5.56 Å². The molecule has 0 aliphatic carbocycles. The first-order valence-electron chi connectivity index (χ1n) is 6.83. The minimum absolute atomic E-state index is 0.0134. The number of hydrogen-bond donors (Lipinski definition) is 6. The molecule has 0 aliphatic rings. The Balaban J connectivity index is 2.52. The Morgan fingerprint density at radius 3 is 2.17 bits per heavy atom. The van der Waals surface area contributed by atoms with E-state index in [-0.39, 0.29) is 5.75 Å². The number of aliphatic hydroxyl groups is 2. The van der Waals surface area contributed by atoms with Crippen LogP contribution >= 0.6 is 7.82 Å². The molecule has 0 fully saturated rings. The molecule has 0 saturated heterocycles. The fourth-order valence-corrected chi connectivity index (χ4v) is 2.71. The molecule has 24 heavy (non-hydrogen) atoms. The average molecular weight is 356 g/mol. The van der Waals surface area contributed by atoms with Crippen LogP contribution in [0.5, 0.6) is 17.2 Å². The van der Waals surface area contributed by atoms with Gasteiger partial charge in [-0.05, 0) is 29.8 Å². The van der Waals surface area contributed by atoms with Crippen molar-refractivity contribution in [1.82, 2.24) is 0 Å². The molecule has 0 aliphatic heterocycles. The highest BCUT2D eigenvalue weighted by Crippen LogP contribution is 2.48. The number of phenols is 2. The Kier molecular flexibility index (Phi) is 4.89. The molecular formula is C15H17O8P. The van der Waals surface area contributed by atoms with Crippen LogP contribution in [0.1, 0.15) is 24.0 Å². The van der Waals surface area contributed by atoms with Gasteiger partial charge in [-0.3, -0.25) is 9.79 Å². The third kappa shape index (κ3) is 3.87. The van der Waals surface area contributed by atoms with Gasteiger partial charge in [-0.25, -0.2) is 4.57 Å². The third-order valence-corrected chi connectivity index (χ3v) is 4.02. The van der Waals surface area contributed by atoms with E-state index < -0.39 is 36.6 Å². The zero-order valence-electron chi connectivity index (χ0n) is 12.6. The van der Waals surface area contributed by atoms with E-state index in [0.29, 0.717) is 5.56 Å². The third-order valence-electron chi connectivity index (χ3n) is 3.59. The normalized spacial score (nSPS) is 13.5. The maximum atomic E-state index is 11.1. The first kappa shape index (κ1) is 18.3. The Hall–Kier alpha value is -2.09. The molecule has 0 saturated carbocycles. The van der Waals surface area contributed by atoms with E-state index in [4.69, 9.17) is 9.79 Å². The van der Waals surface area contributed by atoms with Crippen LogP contribution < -0.4 is 4.52 Å². The monoisotopic (exact) mass is 356 g/mol. The van der Waals surface area contributed by atoms with Crippen LogP contribution in [0.4, 0.5) is 0 Å². The summed E-state index contributed by atoms with van der Waals surface area (Å²) in [4.78, 5) is 17.9. The van der Waals surface area contributed by atoms with Crippen molar-refractivity contribution in [3.63, 3.8) is 0 Å². The van der Waals surface area contributed by atoms with Gasteiger partial charge >= 0.3 is 7.82 Å². The van der Waals surface area contributed by atoms with Crippen molar-refractivity contribution in [3.8, 4) is 17.2 Å². The van der Waals surface area contributed by atoms with Crippen LogP contribution in [0, 0.1) is 0 Å². The Morgan fingerprint density at radius 1 is 1.04 bits per heavy atom. The van der Waals surface area contributed by atoms with Gasteiger partial charge in [0.1, 0.15) is 17.2 Å². The lowest BCUT2D eigenvalue weighted by Crippen LogP contribution is -2.32. The lowest BCUT2D eigenvalue weighted by atomic mass is 9.86. The van der Waals surface area contributed by atoms with E-state index >= 15 is 0 Å². The van der Waals surface area contributed by atoms with Gasteiger partial charge in [0.15, 0.2) is 0 Å². The molecule has 0 bridgehead atoms. The highest BCUT2D eigenvalue weighted by Gasteiger charge is 2.40. The van der Waals surface area contributed by atoms with Crippen molar-refractivity contribution >= 4 is 7.82 Å². The number of phosphoric ester groups is 1. The Labute approximate surface area is 137 Å². The molecule has 2 aromatic rings. The molecule has 8 nitrogen and oxygen atoms in total. The quantitative estimate of drug-likeness (QED) is 0.349. The first-order valence-corrected chi connectivity index (χ1v) is 8.36. The molecular weight excluding hydrogens is 339 g/mol. The molecule has 2 rings (SSSR count). The Morgan fingerprint density at radius 2 is 1.62 bits per heavy atom. The van der Waals surface area contributed by atoms with Crippen molar-refractivity contribution in [2.24, 2.45) is 0 Å².